The van der Waals surface area contributed by atoms with E-state index in [0.717, 1.165) is 30.2 Å². The van der Waals surface area contributed by atoms with E-state index in [2.05, 4.69) is 14.5 Å². The Kier molecular flexibility index (Phi) is 3.18. The molecular formula is C15H17N3O2. The van der Waals surface area contributed by atoms with Crippen molar-refractivity contribution in [1.29, 1.82) is 0 Å². The molecule has 104 valence electrons. The predicted octanol–water partition coefficient (Wildman–Crippen LogP) is 1.88. The Hall–Kier alpha value is -2.30. The number of benzene rings is 1. The maximum atomic E-state index is 11.4. The number of carbonyl (C=O) groups is 1. The van der Waals surface area contributed by atoms with Crippen molar-refractivity contribution in [2.24, 2.45) is 0 Å². The van der Waals surface area contributed by atoms with Gasteiger partial charge in [0.1, 0.15) is 11.7 Å². The monoisotopic (exact) mass is 271 g/mol. The summed E-state index contributed by atoms with van der Waals surface area (Å²) in [7, 11) is 0. The number of imidazole rings is 1. The minimum Gasteiger partial charge on any atom is -0.481 e. The minimum absolute atomic E-state index is 0.421. The first-order chi connectivity index (χ1) is 9.66. The Morgan fingerprint density at radius 3 is 2.90 bits per heavy atom. The Morgan fingerprint density at radius 2 is 2.20 bits per heavy atom. The van der Waals surface area contributed by atoms with Crippen molar-refractivity contribution in [3.8, 4) is 0 Å². The lowest BCUT2D eigenvalue weighted by molar-refractivity contribution is -0.138. The number of hydrogen-bond acceptors (Lipinski definition) is 3. The third kappa shape index (κ3) is 2.15. The number of fused-ring (bicyclic) bond motifs is 1. The molecule has 0 amide bonds. The van der Waals surface area contributed by atoms with E-state index in [0.29, 0.717) is 6.54 Å². The van der Waals surface area contributed by atoms with Crippen molar-refractivity contribution >= 4 is 11.7 Å². The fourth-order valence-electron chi connectivity index (χ4n) is 2.78. The van der Waals surface area contributed by atoms with Crippen LogP contribution in [0.15, 0.2) is 36.7 Å². The van der Waals surface area contributed by atoms with Gasteiger partial charge < -0.3 is 14.6 Å². The second-order valence-electron chi connectivity index (χ2n) is 5.06. The second-order valence-corrected chi connectivity index (χ2v) is 5.06. The summed E-state index contributed by atoms with van der Waals surface area (Å²) < 4.78 is 2.08. The molecule has 1 atom stereocenters. The molecule has 0 bridgehead atoms. The van der Waals surface area contributed by atoms with E-state index in [1.165, 1.54) is 0 Å². The van der Waals surface area contributed by atoms with Gasteiger partial charge in [-0.1, -0.05) is 18.2 Å². The third-order valence-electron chi connectivity index (χ3n) is 3.89. The fourth-order valence-corrected chi connectivity index (χ4v) is 2.78. The molecule has 1 unspecified atom stereocenters. The summed E-state index contributed by atoms with van der Waals surface area (Å²) in [5, 5.41) is 9.33. The molecule has 0 spiro atoms. The van der Waals surface area contributed by atoms with E-state index in [1.807, 2.05) is 37.4 Å². The van der Waals surface area contributed by atoms with Crippen LogP contribution in [-0.4, -0.2) is 33.7 Å². The van der Waals surface area contributed by atoms with Gasteiger partial charge in [-0.25, -0.2) is 4.98 Å². The van der Waals surface area contributed by atoms with Gasteiger partial charge in [-0.2, -0.15) is 0 Å². The molecule has 1 N–H and O–H groups in total. The van der Waals surface area contributed by atoms with Crippen LogP contribution in [0.4, 0.5) is 5.69 Å². The number of aryl methyl sites for hydroxylation is 1. The van der Waals surface area contributed by atoms with Gasteiger partial charge in [0.05, 0.1) is 0 Å². The number of carboxylic acid groups (broad SMARTS) is 1. The van der Waals surface area contributed by atoms with Crippen LogP contribution in [0.3, 0.4) is 0 Å². The lowest BCUT2D eigenvalue weighted by atomic mass is 10.0. The topological polar surface area (TPSA) is 58.4 Å². The lowest BCUT2D eigenvalue weighted by Gasteiger charge is -2.20. The van der Waals surface area contributed by atoms with Crippen molar-refractivity contribution in [3.63, 3.8) is 0 Å². The number of aliphatic carboxylic acids is 1. The first-order valence-electron chi connectivity index (χ1n) is 6.71. The molecule has 0 aliphatic carbocycles. The minimum atomic E-state index is -0.751. The van der Waals surface area contributed by atoms with Crippen molar-refractivity contribution in [2.75, 3.05) is 18.0 Å². The molecule has 1 aliphatic rings. The molecule has 0 fully saturated rings. The molecule has 20 heavy (non-hydrogen) atoms. The van der Waals surface area contributed by atoms with Crippen LogP contribution in [0, 0.1) is 6.92 Å². The number of anilines is 1. The summed E-state index contributed by atoms with van der Waals surface area (Å²) >= 11 is 0. The van der Waals surface area contributed by atoms with Gasteiger partial charge in [-0.15, -0.1) is 0 Å². The fraction of sp³-hybridized carbons (Fsp3) is 0.333. The molecule has 0 saturated carbocycles. The maximum absolute atomic E-state index is 11.4. The van der Waals surface area contributed by atoms with Gasteiger partial charge in [0.2, 0.25) is 0 Å². The van der Waals surface area contributed by atoms with Crippen LogP contribution in [0.2, 0.25) is 0 Å². The average Bonchev–Trinajstić information content (AvgIpc) is 3.00. The van der Waals surface area contributed by atoms with Gasteiger partial charge in [-0.3, -0.25) is 4.79 Å². The Balaban J connectivity index is 1.78. The molecule has 0 saturated heterocycles. The quantitative estimate of drug-likeness (QED) is 0.922. The van der Waals surface area contributed by atoms with Gasteiger partial charge >= 0.3 is 5.97 Å². The number of para-hydroxylation sites is 1. The highest BCUT2D eigenvalue weighted by atomic mass is 16.4. The number of nitrogens with zero attached hydrogens (tertiary/aromatic N) is 3. The van der Waals surface area contributed by atoms with Crippen LogP contribution >= 0.6 is 0 Å². The second kappa shape index (κ2) is 5.00. The van der Waals surface area contributed by atoms with E-state index < -0.39 is 11.9 Å². The summed E-state index contributed by atoms with van der Waals surface area (Å²) in [6.45, 7) is 4.12. The molecule has 5 nitrogen and oxygen atoms in total. The van der Waals surface area contributed by atoms with E-state index >= 15 is 0 Å². The molecule has 2 aromatic rings. The van der Waals surface area contributed by atoms with Crippen molar-refractivity contribution in [1.82, 2.24) is 9.55 Å². The number of rotatable bonds is 4. The van der Waals surface area contributed by atoms with Crippen LogP contribution in [-0.2, 0) is 11.3 Å². The predicted molar refractivity (Wildman–Crippen MR) is 76.0 cm³/mol. The first kappa shape index (κ1) is 12.7. The van der Waals surface area contributed by atoms with Crippen LogP contribution in [0.1, 0.15) is 17.3 Å². The van der Waals surface area contributed by atoms with Gasteiger partial charge in [-0.05, 0) is 18.6 Å². The normalized spacial score (nSPS) is 17.2. The average molecular weight is 271 g/mol. The highest BCUT2D eigenvalue weighted by molar-refractivity contribution is 5.82. The first-order valence-corrected chi connectivity index (χ1v) is 6.71. The maximum Gasteiger partial charge on any atom is 0.312 e. The standard InChI is InChI=1S/C15H17N3O2/c1-11-16-6-7-17(11)8-9-18-10-13(15(19)20)12-4-2-3-5-14(12)18/h2-7,13H,8-10H2,1H3,(H,19,20). The smallest absolute Gasteiger partial charge is 0.312 e. The largest absolute Gasteiger partial charge is 0.481 e. The number of hydrogen-bond donors (Lipinski definition) is 1. The van der Waals surface area contributed by atoms with Gasteiger partial charge in [0.15, 0.2) is 0 Å². The SMILES string of the molecule is Cc1nccn1CCN1CC(C(=O)O)c2ccccc21. The van der Waals surface area contributed by atoms with E-state index in [4.69, 9.17) is 0 Å². The number of carboxylic acids is 1. The molecule has 0 radical (unpaired) electrons. The molecule has 1 aromatic carbocycles. The summed E-state index contributed by atoms with van der Waals surface area (Å²) in [5.74, 6) is -0.193. The molecule has 1 aromatic heterocycles. The molecular weight excluding hydrogens is 254 g/mol. The highest BCUT2D eigenvalue weighted by Crippen LogP contribution is 2.35. The number of aromatic nitrogens is 2. The van der Waals surface area contributed by atoms with E-state index in [9.17, 15) is 9.90 Å². The van der Waals surface area contributed by atoms with Crippen LogP contribution in [0.25, 0.3) is 0 Å². The Morgan fingerprint density at radius 1 is 1.40 bits per heavy atom. The van der Waals surface area contributed by atoms with Gasteiger partial charge in [0, 0.05) is 37.7 Å². The summed E-state index contributed by atoms with van der Waals surface area (Å²) in [4.78, 5) is 17.7. The molecule has 1 aliphatic heterocycles. The zero-order valence-corrected chi connectivity index (χ0v) is 11.4. The lowest BCUT2D eigenvalue weighted by Crippen LogP contribution is -2.28. The zero-order valence-electron chi connectivity index (χ0n) is 11.4. The highest BCUT2D eigenvalue weighted by Gasteiger charge is 2.32. The Bertz CT molecular complexity index is 636. The van der Waals surface area contributed by atoms with Crippen LogP contribution < -0.4 is 4.90 Å². The third-order valence-corrected chi connectivity index (χ3v) is 3.89. The van der Waals surface area contributed by atoms with E-state index in [1.54, 1.807) is 6.20 Å². The van der Waals surface area contributed by atoms with Crippen molar-refractivity contribution < 1.29 is 9.90 Å². The summed E-state index contributed by atoms with van der Waals surface area (Å²) in [5.41, 5.74) is 1.96. The van der Waals surface area contributed by atoms with Gasteiger partial charge in [0.25, 0.3) is 0 Å². The molecule has 5 heteroatoms. The molecule has 2 heterocycles. The van der Waals surface area contributed by atoms with Crippen LogP contribution in [0.5, 0.6) is 0 Å². The summed E-state index contributed by atoms with van der Waals surface area (Å²) in [6.07, 6.45) is 3.74. The van der Waals surface area contributed by atoms with E-state index in [-0.39, 0.29) is 0 Å². The summed E-state index contributed by atoms with van der Waals surface area (Å²) in [6, 6.07) is 7.77. The zero-order chi connectivity index (χ0) is 14.1. The molecule has 3 rings (SSSR count). The Labute approximate surface area is 117 Å². The van der Waals surface area contributed by atoms with Crippen molar-refractivity contribution in [3.05, 3.63) is 48.0 Å². The van der Waals surface area contributed by atoms with Crippen molar-refractivity contribution in [2.45, 2.75) is 19.4 Å².